The summed E-state index contributed by atoms with van der Waals surface area (Å²) >= 11 is 5.75. The first kappa shape index (κ1) is 12.6. The van der Waals surface area contributed by atoms with E-state index in [1.165, 1.54) is 0 Å². The first-order chi connectivity index (χ1) is 6.76. The molecular formula is C13H13Cl. The topological polar surface area (TPSA) is 0 Å². The van der Waals surface area contributed by atoms with E-state index in [9.17, 15) is 0 Å². The van der Waals surface area contributed by atoms with Gasteiger partial charge in [0.15, 0.2) is 0 Å². The predicted molar refractivity (Wildman–Crippen MR) is 64.4 cm³/mol. The summed E-state index contributed by atoms with van der Waals surface area (Å²) in [5.41, 5.74) is 6.07. The van der Waals surface area contributed by atoms with Crippen molar-refractivity contribution in [2.75, 3.05) is 0 Å². The summed E-state index contributed by atoms with van der Waals surface area (Å²) in [6, 6.07) is 7.60. The molecule has 0 aliphatic carbocycles. The van der Waals surface area contributed by atoms with Gasteiger partial charge in [0.1, 0.15) is 0 Å². The molecule has 0 saturated heterocycles. The van der Waals surface area contributed by atoms with Gasteiger partial charge in [-0.25, -0.2) is 0 Å². The highest BCUT2D eigenvalue weighted by molar-refractivity contribution is 6.32. The molecule has 0 unspecified atom stereocenters. The van der Waals surface area contributed by atoms with Crippen LogP contribution in [0.15, 0.2) is 55.0 Å². The van der Waals surface area contributed by atoms with E-state index in [2.05, 4.69) is 24.6 Å². The zero-order chi connectivity index (χ0) is 10.8. The normalized spacial score (nSPS) is 7.29. The molecule has 14 heavy (non-hydrogen) atoms. The van der Waals surface area contributed by atoms with Gasteiger partial charge in [-0.1, -0.05) is 53.9 Å². The molecule has 0 atom stereocenters. The van der Waals surface area contributed by atoms with Gasteiger partial charge in [-0.3, -0.25) is 0 Å². The van der Waals surface area contributed by atoms with Crippen LogP contribution in [0.2, 0.25) is 5.02 Å². The fraction of sp³-hybridized carbons (Fsp3) is 0.0769. The van der Waals surface area contributed by atoms with Gasteiger partial charge in [-0.2, -0.15) is 0 Å². The van der Waals surface area contributed by atoms with Crippen molar-refractivity contribution >= 4 is 17.7 Å². The molecule has 1 rings (SSSR count). The Hall–Kier alpha value is -1.45. The molecule has 1 heteroatoms. The van der Waals surface area contributed by atoms with Crippen molar-refractivity contribution in [1.82, 2.24) is 0 Å². The van der Waals surface area contributed by atoms with Gasteiger partial charge in [-0.05, 0) is 31.2 Å². The second kappa shape index (κ2) is 8.16. The average Bonchev–Trinajstić information content (AvgIpc) is 2.21. The summed E-state index contributed by atoms with van der Waals surface area (Å²) in [6.07, 6.45) is 3.50. The smallest absolute Gasteiger partial charge is 0.0478 e. The Bertz CT molecular complexity index is 365. The summed E-state index contributed by atoms with van der Waals surface area (Å²) in [6.45, 7) is 8.76. The van der Waals surface area contributed by atoms with E-state index >= 15 is 0 Å². The van der Waals surface area contributed by atoms with Crippen molar-refractivity contribution in [2.45, 2.75) is 6.92 Å². The van der Waals surface area contributed by atoms with E-state index in [4.69, 9.17) is 11.6 Å². The maximum atomic E-state index is 5.75. The molecule has 0 fully saturated rings. The lowest BCUT2D eigenvalue weighted by Crippen LogP contribution is -1.69. The van der Waals surface area contributed by atoms with Crippen molar-refractivity contribution in [3.8, 4) is 0 Å². The van der Waals surface area contributed by atoms with Crippen LogP contribution in [0, 0.1) is 0 Å². The van der Waals surface area contributed by atoms with Crippen LogP contribution in [0.25, 0.3) is 6.08 Å². The molecule has 0 amide bonds. The monoisotopic (exact) mass is 204 g/mol. The molecule has 1 aromatic rings. The fourth-order valence-corrected chi connectivity index (χ4v) is 0.956. The van der Waals surface area contributed by atoms with Crippen LogP contribution in [-0.4, -0.2) is 0 Å². The molecule has 0 nitrogen and oxygen atoms in total. The van der Waals surface area contributed by atoms with Gasteiger partial charge < -0.3 is 0 Å². The zero-order valence-corrected chi connectivity index (χ0v) is 9.01. The molecule has 0 aromatic heterocycles. The van der Waals surface area contributed by atoms with E-state index in [1.54, 1.807) is 12.2 Å². The van der Waals surface area contributed by atoms with Gasteiger partial charge >= 0.3 is 0 Å². The van der Waals surface area contributed by atoms with Gasteiger partial charge in [0.25, 0.3) is 0 Å². The van der Waals surface area contributed by atoms with Gasteiger partial charge in [0, 0.05) is 5.02 Å². The number of halogens is 1. The Morgan fingerprint density at radius 1 is 1.36 bits per heavy atom. The molecule has 0 N–H and O–H groups in total. The Kier molecular flexibility index (Phi) is 7.32. The van der Waals surface area contributed by atoms with Crippen LogP contribution < -0.4 is 0 Å². The minimum atomic E-state index is 0.757. The maximum absolute atomic E-state index is 5.75. The number of benzene rings is 1. The van der Waals surface area contributed by atoms with Crippen LogP contribution >= 0.6 is 11.6 Å². The van der Waals surface area contributed by atoms with E-state index in [-0.39, 0.29) is 0 Å². The highest BCUT2D eigenvalue weighted by Gasteiger charge is 1.89. The van der Waals surface area contributed by atoms with Crippen molar-refractivity contribution in [2.24, 2.45) is 0 Å². The molecule has 0 heterocycles. The van der Waals surface area contributed by atoms with Crippen LogP contribution in [0.3, 0.4) is 0 Å². The van der Waals surface area contributed by atoms with Crippen molar-refractivity contribution in [3.05, 3.63) is 65.5 Å². The third-order valence-corrected chi connectivity index (χ3v) is 1.72. The maximum Gasteiger partial charge on any atom is 0.0478 e. The summed E-state index contributed by atoms with van der Waals surface area (Å²) in [4.78, 5) is 0. The van der Waals surface area contributed by atoms with Gasteiger partial charge in [0.2, 0.25) is 0 Å². The Morgan fingerprint density at radius 2 is 2.00 bits per heavy atom. The molecule has 72 valence electrons. The molecule has 0 saturated carbocycles. The second-order valence-electron chi connectivity index (χ2n) is 2.34. The predicted octanol–water partition coefficient (Wildman–Crippen LogP) is 4.49. The average molecular weight is 205 g/mol. The lowest BCUT2D eigenvalue weighted by Gasteiger charge is -1.92. The molecule has 0 aliphatic heterocycles. The molecule has 0 radical (unpaired) electrons. The third kappa shape index (κ3) is 5.24. The van der Waals surface area contributed by atoms with Crippen molar-refractivity contribution < 1.29 is 0 Å². The van der Waals surface area contributed by atoms with E-state index < -0.39 is 0 Å². The number of hydrogen-bond donors (Lipinski definition) is 0. The summed E-state index contributed by atoms with van der Waals surface area (Å²) in [5.74, 6) is 0. The minimum absolute atomic E-state index is 0.757. The Morgan fingerprint density at radius 3 is 2.29 bits per heavy atom. The standard InChI is InChI=1S/C8H7Cl.C5H6/c1-2-7-5-3-4-6-8(7)9;1-3-5-4-2/h2-6H,1H2;4H,1H2,2H3. The fourth-order valence-electron chi connectivity index (χ4n) is 0.743. The van der Waals surface area contributed by atoms with Crippen molar-refractivity contribution in [1.29, 1.82) is 0 Å². The molecule has 0 bridgehead atoms. The largest absolute Gasteiger partial charge is 0.0984 e. The van der Waals surface area contributed by atoms with Gasteiger partial charge in [-0.15, -0.1) is 0 Å². The summed E-state index contributed by atoms with van der Waals surface area (Å²) in [7, 11) is 0. The van der Waals surface area contributed by atoms with E-state index in [1.807, 2.05) is 31.2 Å². The Balaban J connectivity index is 0.000000292. The van der Waals surface area contributed by atoms with E-state index in [0.29, 0.717) is 0 Å². The minimum Gasteiger partial charge on any atom is -0.0984 e. The highest BCUT2D eigenvalue weighted by Crippen LogP contribution is 2.14. The molecule has 0 spiro atoms. The molecule has 1 aromatic carbocycles. The molecule has 0 aliphatic rings. The second-order valence-corrected chi connectivity index (χ2v) is 2.74. The van der Waals surface area contributed by atoms with Gasteiger partial charge in [0.05, 0.1) is 0 Å². The first-order valence-corrected chi connectivity index (χ1v) is 4.56. The third-order valence-electron chi connectivity index (χ3n) is 1.37. The highest BCUT2D eigenvalue weighted by atomic mass is 35.5. The number of hydrogen-bond acceptors (Lipinski definition) is 0. The summed E-state index contributed by atoms with van der Waals surface area (Å²) < 4.78 is 0. The van der Waals surface area contributed by atoms with Crippen LogP contribution in [0.1, 0.15) is 12.5 Å². The lowest BCUT2D eigenvalue weighted by molar-refractivity contribution is 1.66. The SMILES string of the molecule is C=C=C=CC.C=Cc1ccccc1Cl. The van der Waals surface area contributed by atoms with E-state index in [0.717, 1.165) is 10.6 Å². The number of allylic oxidation sites excluding steroid dienone is 1. The zero-order valence-electron chi connectivity index (χ0n) is 8.26. The van der Waals surface area contributed by atoms with Crippen LogP contribution in [0.5, 0.6) is 0 Å². The lowest BCUT2D eigenvalue weighted by atomic mass is 10.2. The number of rotatable bonds is 1. The Labute approximate surface area is 90.5 Å². The molecular weight excluding hydrogens is 192 g/mol. The van der Waals surface area contributed by atoms with Crippen molar-refractivity contribution in [3.63, 3.8) is 0 Å². The first-order valence-electron chi connectivity index (χ1n) is 4.18. The van der Waals surface area contributed by atoms with Crippen LogP contribution in [-0.2, 0) is 0 Å². The summed E-state index contributed by atoms with van der Waals surface area (Å²) in [5, 5.41) is 0.757. The van der Waals surface area contributed by atoms with Crippen LogP contribution in [0.4, 0.5) is 0 Å². The quantitative estimate of drug-likeness (QED) is 0.592.